The Kier molecular flexibility index (Phi) is 10.9. The highest BCUT2D eigenvalue weighted by atomic mass is 16.5. The largest absolute Gasteiger partial charge is 0.481 e. The molecule has 0 aromatic carbocycles. The Morgan fingerprint density at radius 3 is 2.43 bits per heavy atom. The summed E-state index contributed by atoms with van der Waals surface area (Å²) in [5.41, 5.74) is 0. The fraction of sp³-hybridized carbons (Fsp3) is 0.667. The summed E-state index contributed by atoms with van der Waals surface area (Å²) in [5.74, 6) is -1.55. The predicted molar refractivity (Wildman–Crippen MR) is 76.7 cm³/mol. The average molecular weight is 300 g/mol. The van der Waals surface area contributed by atoms with Crippen LogP contribution < -0.4 is 0 Å². The molecule has 0 aliphatic carbocycles. The lowest BCUT2D eigenvalue weighted by Gasteiger charge is -2.11. The van der Waals surface area contributed by atoms with E-state index in [9.17, 15) is 14.4 Å². The molecule has 0 bridgehead atoms. The number of carbonyl (C=O) groups excluding carboxylic acids is 2. The van der Waals surface area contributed by atoms with Crippen molar-refractivity contribution in [2.24, 2.45) is 0 Å². The van der Waals surface area contributed by atoms with E-state index in [0.717, 1.165) is 6.08 Å². The molecule has 120 valence electrons. The van der Waals surface area contributed by atoms with Gasteiger partial charge in [0.15, 0.2) is 0 Å². The first kappa shape index (κ1) is 19.1. The molecule has 0 spiro atoms. The number of ether oxygens (including phenoxy) is 2. The molecule has 1 atom stereocenters. The molecule has 0 heterocycles. The summed E-state index contributed by atoms with van der Waals surface area (Å²) in [4.78, 5) is 32.6. The van der Waals surface area contributed by atoms with E-state index in [2.05, 4.69) is 6.58 Å². The molecule has 0 aliphatic heterocycles. The summed E-state index contributed by atoms with van der Waals surface area (Å²) >= 11 is 0. The third kappa shape index (κ3) is 12.9. The van der Waals surface area contributed by atoms with Crippen LogP contribution in [-0.4, -0.2) is 35.7 Å². The molecule has 1 N–H and O–H groups in total. The Labute approximate surface area is 125 Å². The van der Waals surface area contributed by atoms with E-state index < -0.39 is 11.9 Å². The van der Waals surface area contributed by atoms with Crippen LogP contribution in [-0.2, 0) is 23.9 Å². The number of aliphatic carboxylic acids is 1. The average Bonchev–Trinajstić information content (AvgIpc) is 2.42. The zero-order chi connectivity index (χ0) is 16.1. The lowest BCUT2D eigenvalue weighted by atomic mass is 10.1. The van der Waals surface area contributed by atoms with Gasteiger partial charge in [0.1, 0.15) is 0 Å². The van der Waals surface area contributed by atoms with Crippen molar-refractivity contribution < 1.29 is 29.0 Å². The minimum Gasteiger partial charge on any atom is -0.481 e. The summed E-state index contributed by atoms with van der Waals surface area (Å²) in [6.07, 6.45) is 4.48. The molecule has 0 rings (SSSR count). The van der Waals surface area contributed by atoms with E-state index in [1.165, 1.54) is 0 Å². The van der Waals surface area contributed by atoms with Gasteiger partial charge in [-0.25, -0.2) is 4.79 Å². The zero-order valence-electron chi connectivity index (χ0n) is 12.5. The van der Waals surface area contributed by atoms with Gasteiger partial charge in [-0.2, -0.15) is 0 Å². The van der Waals surface area contributed by atoms with E-state index in [1.54, 1.807) is 6.92 Å². The maximum Gasteiger partial charge on any atom is 0.330 e. The molecule has 0 aliphatic rings. The van der Waals surface area contributed by atoms with Gasteiger partial charge in [0.2, 0.25) is 0 Å². The van der Waals surface area contributed by atoms with Crippen molar-refractivity contribution in [3.8, 4) is 0 Å². The lowest BCUT2D eigenvalue weighted by molar-refractivity contribution is -0.146. The fourth-order valence-electron chi connectivity index (χ4n) is 1.66. The van der Waals surface area contributed by atoms with Gasteiger partial charge in [-0.05, 0) is 32.6 Å². The smallest absolute Gasteiger partial charge is 0.330 e. The Hall–Kier alpha value is -1.85. The van der Waals surface area contributed by atoms with Gasteiger partial charge in [0.25, 0.3) is 0 Å². The summed E-state index contributed by atoms with van der Waals surface area (Å²) in [7, 11) is 0. The van der Waals surface area contributed by atoms with Gasteiger partial charge in [0.05, 0.1) is 12.7 Å². The summed E-state index contributed by atoms with van der Waals surface area (Å²) in [6.45, 7) is 5.37. The van der Waals surface area contributed by atoms with E-state index in [-0.39, 0.29) is 18.5 Å². The van der Waals surface area contributed by atoms with Crippen LogP contribution in [0.25, 0.3) is 0 Å². The third-order valence-electron chi connectivity index (χ3n) is 2.77. The number of unbranched alkanes of at least 4 members (excludes halogenated alkanes) is 2. The minimum absolute atomic E-state index is 0.135. The van der Waals surface area contributed by atoms with Crippen LogP contribution in [0.15, 0.2) is 12.7 Å². The number of carboxylic acids is 1. The Balaban J connectivity index is 3.47. The lowest BCUT2D eigenvalue weighted by Crippen LogP contribution is -2.14. The molecule has 6 nitrogen and oxygen atoms in total. The van der Waals surface area contributed by atoms with Crippen molar-refractivity contribution >= 4 is 17.9 Å². The molecule has 0 fully saturated rings. The Morgan fingerprint density at radius 1 is 1.14 bits per heavy atom. The van der Waals surface area contributed by atoms with Crippen LogP contribution in [0.3, 0.4) is 0 Å². The van der Waals surface area contributed by atoms with E-state index >= 15 is 0 Å². The highest BCUT2D eigenvalue weighted by Crippen LogP contribution is 2.06. The molecular formula is C15H24O6. The Morgan fingerprint density at radius 2 is 1.81 bits per heavy atom. The number of esters is 2. The predicted octanol–water partition coefficient (Wildman–Crippen LogP) is 2.46. The van der Waals surface area contributed by atoms with Crippen LogP contribution in [0.5, 0.6) is 0 Å². The molecule has 0 aromatic heterocycles. The molecular weight excluding hydrogens is 276 g/mol. The van der Waals surface area contributed by atoms with Crippen LogP contribution in [0.4, 0.5) is 0 Å². The number of hydrogen-bond acceptors (Lipinski definition) is 5. The van der Waals surface area contributed by atoms with Crippen molar-refractivity contribution in [1.29, 1.82) is 0 Å². The maximum atomic E-state index is 11.4. The topological polar surface area (TPSA) is 89.9 Å². The highest BCUT2D eigenvalue weighted by Gasteiger charge is 2.07. The first-order chi connectivity index (χ1) is 9.95. The van der Waals surface area contributed by atoms with Gasteiger partial charge in [-0.15, -0.1) is 0 Å². The van der Waals surface area contributed by atoms with E-state index in [1.807, 2.05) is 0 Å². The van der Waals surface area contributed by atoms with Crippen molar-refractivity contribution in [1.82, 2.24) is 0 Å². The zero-order valence-corrected chi connectivity index (χ0v) is 12.5. The van der Waals surface area contributed by atoms with Gasteiger partial charge in [-0.3, -0.25) is 9.59 Å². The van der Waals surface area contributed by atoms with E-state index in [0.29, 0.717) is 45.1 Å². The molecule has 0 amide bonds. The number of rotatable bonds is 12. The van der Waals surface area contributed by atoms with Crippen LogP contribution in [0, 0.1) is 0 Å². The van der Waals surface area contributed by atoms with Crippen molar-refractivity contribution in [2.45, 2.75) is 58.0 Å². The number of carboxylic acid groups (broad SMARTS) is 1. The number of hydrogen-bond donors (Lipinski definition) is 1. The highest BCUT2D eigenvalue weighted by molar-refractivity contribution is 5.81. The van der Waals surface area contributed by atoms with Crippen LogP contribution in [0.1, 0.15) is 51.9 Å². The minimum atomic E-state index is -0.816. The summed E-state index contributed by atoms with van der Waals surface area (Å²) < 4.78 is 10.0. The van der Waals surface area contributed by atoms with Gasteiger partial charge in [-0.1, -0.05) is 13.0 Å². The second kappa shape index (κ2) is 11.9. The van der Waals surface area contributed by atoms with Crippen molar-refractivity contribution in [3.05, 3.63) is 12.7 Å². The standard InChI is InChI=1S/C15H24O6/c1-3-14(18)21-12(2)8-7-11-20-15(19)10-6-4-5-9-13(16)17/h3,12H,1,4-11H2,2H3,(H,16,17). The quantitative estimate of drug-likeness (QED) is 0.338. The SMILES string of the molecule is C=CC(=O)OC(C)CCCOC(=O)CCCCCC(=O)O. The molecule has 0 saturated heterocycles. The van der Waals surface area contributed by atoms with Gasteiger partial charge in [0, 0.05) is 18.9 Å². The summed E-state index contributed by atoms with van der Waals surface area (Å²) in [5, 5.41) is 8.45. The second-order valence-electron chi connectivity index (χ2n) is 4.77. The van der Waals surface area contributed by atoms with E-state index in [4.69, 9.17) is 14.6 Å². The van der Waals surface area contributed by atoms with Crippen LogP contribution in [0.2, 0.25) is 0 Å². The molecule has 0 saturated carbocycles. The van der Waals surface area contributed by atoms with Gasteiger partial charge >= 0.3 is 17.9 Å². The molecule has 21 heavy (non-hydrogen) atoms. The normalized spacial score (nSPS) is 11.5. The number of carbonyl (C=O) groups is 3. The van der Waals surface area contributed by atoms with Gasteiger partial charge < -0.3 is 14.6 Å². The maximum absolute atomic E-state index is 11.4. The van der Waals surface area contributed by atoms with Crippen LogP contribution >= 0.6 is 0 Å². The first-order valence-corrected chi connectivity index (χ1v) is 7.16. The molecule has 6 heteroatoms. The summed E-state index contributed by atoms with van der Waals surface area (Å²) in [6, 6.07) is 0. The molecule has 0 aromatic rings. The van der Waals surface area contributed by atoms with Crippen molar-refractivity contribution in [3.63, 3.8) is 0 Å². The monoisotopic (exact) mass is 300 g/mol. The van der Waals surface area contributed by atoms with Crippen molar-refractivity contribution in [2.75, 3.05) is 6.61 Å². The first-order valence-electron chi connectivity index (χ1n) is 7.16. The molecule has 0 radical (unpaired) electrons. The fourth-order valence-corrected chi connectivity index (χ4v) is 1.66. The Bertz CT molecular complexity index is 350. The third-order valence-corrected chi connectivity index (χ3v) is 2.77. The molecule has 1 unspecified atom stereocenters. The second-order valence-corrected chi connectivity index (χ2v) is 4.77.